The van der Waals surface area contributed by atoms with Crippen molar-refractivity contribution in [3.8, 4) is 0 Å². The van der Waals surface area contributed by atoms with Gasteiger partial charge in [-0.25, -0.2) is 0 Å². The highest BCUT2D eigenvalue weighted by atomic mass is 79.9. The Hall–Kier alpha value is 0.730. The maximum Gasteiger partial charge on any atom is 0.0794 e. The molecule has 0 aliphatic rings. The molecule has 0 rings (SSSR count). The Balaban J connectivity index is 0. The second kappa shape index (κ2) is 8.33. The molecular formula is C9H21BrClN. The average Bonchev–Trinajstić information content (AvgIpc) is 2.08. The molecule has 0 N–H and O–H groups in total. The van der Waals surface area contributed by atoms with Crippen LogP contribution in [0.15, 0.2) is 0 Å². The zero-order chi connectivity index (χ0) is 8.74. The van der Waals surface area contributed by atoms with E-state index in [0.717, 1.165) is 5.33 Å². The fourth-order valence-electron chi connectivity index (χ4n) is 1.54. The van der Waals surface area contributed by atoms with Crippen molar-refractivity contribution in [1.82, 2.24) is 0 Å². The molecule has 0 amide bonds. The largest absolute Gasteiger partial charge is 1.00 e. The molecule has 0 fully saturated rings. The molecule has 0 aromatic heterocycles. The Labute approximate surface area is 91.6 Å². The number of nitrogens with zero attached hydrogens (tertiary/aromatic N) is 1. The van der Waals surface area contributed by atoms with Crippen molar-refractivity contribution >= 4 is 15.9 Å². The first-order valence-electron chi connectivity index (χ1n) is 4.65. The predicted molar refractivity (Wildman–Crippen MR) is 55.2 cm³/mol. The summed E-state index contributed by atoms with van der Waals surface area (Å²) < 4.78 is 1.28. The lowest BCUT2D eigenvalue weighted by molar-refractivity contribution is -0.923. The summed E-state index contributed by atoms with van der Waals surface area (Å²) in [4.78, 5) is 0. The van der Waals surface area contributed by atoms with Crippen molar-refractivity contribution in [2.75, 3.05) is 31.5 Å². The van der Waals surface area contributed by atoms with Gasteiger partial charge in [-0.2, -0.15) is 0 Å². The van der Waals surface area contributed by atoms with Gasteiger partial charge in [-0.05, 0) is 20.8 Å². The first-order valence-corrected chi connectivity index (χ1v) is 5.77. The van der Waals surface area contributed by atoms with Crippen molar-refractivity contribution < 1.29 is 16.9 Å². The zero-order valence-electron chi connectivity index (χ0n) is 8.45. The molecule has 0 saturated heterocycles. The number of hydrogen-bond acceptors (Lipinski definition) is 0. The van der Waals surface area contributed by atoms with E-state index in [9.17, 15) is 0 Å². The lowest BCUT2D eigenvalue weighted by Gasteiger charge is -2.35. The standard InChI is InChI=1S/C9H21BrN.ClH/c1-4-11(5-2,6-3)9-7-8-10;/h4-9H2,1-3H3;1H/q+1;/p-1. The van der Waals surface area contributed by atoms with Gasteiger partial charge in [0.15, 0.2) is 0 Å². The van der Waals surface area contributed by atoms with Gasteiger partial charge in [0.1, 0.15) is 0 Å². The van der Waals surface area contributed by atoms with Crippen LogP contribution in [0, 0.1) is 0 Å². The van der Waals surface area contributed by atoms with Crippen LogP contribution in [-0.4, -0.2) is 36.0 Å². The lowest BCUT2D eigenvalue weighted by atomic mass is 10.3. The highest BCUT2D eigenvalue weighted by molar-refractivity contribution is 9.09. The number of halogens is 2. The molecule has 0 bridgehead atoms. The molecule has 0 unspecified atom stereocenters. The Morgan fingerprint density at radius 3 is 1.67 bits per heavy atom. The maximum atomic E-state index is 3.48. The average molecular weight is 259 g/mol. The van der Waals surface area contributed by atoms with Crippen molar-refractivity contribution in [2.45, 2.75) is 27.2 Å². The number of hydrogen-bond donors (Lipinski definition) is 0. The summed E-state index contributed by atoms with van der Waals surface area (Å²) in [6.45, 7) is 12.0. The molecule has 76 valence electrons. The second-order valence-corrected chi connectivity index (χ2v) is 3.85. The van der Waals surface area contributed by atoms with Crippen LogP contribution in [0.4, 0.5) is 0 Å². The number of rotatable bonds is 6. The van der Waals surface area contributed by atoms with Crippen LogP contribution < -0.4 is 12.4 Å². The maximum absolute atomic E-state index is 3.48. The minimum atomic E-state index is 0. The molecule has 0 aromatic rings. The fourth-order valence-corrected chi connectivity index (χ4v) is 1.79. The van der Waals surface area contributed by atoms with E-state index in [4.69, 9.17) is 0 Å². The van der Waals surface area contributed by atoms with Crippen LogP contribution in [-0.2, 0) is 0 Å². The summed E-state index contributed by atoms with van der Waals surface area (Å²) in [5, 5.41) is 1.15. The molecule has 0 heterocycles. The van der Waals surface area contributed by atoms with Gasteiger partial charge in [0.25, 0.3) is 0 Å². The SMILES string of the molecule is CC[N+](CC)(CC)CCCBr.[Cl-]. The third kappa shape index (κ3) is 4.68. The van der Waals surface area contributed by atoms with Gasteiger partial charge in [-0.1, -0.05) is 15.9 Å². The van der Waals surface area contributed by atoms with Crippen LogP contribution in [0.5, 0.6) is 0 Å². The van der Waals surface area contributed by atoms with E-state index in [1.807, 2.05) is 0 Å². The third-order valence-electron chi connectivity index (χ3n) is 2.78. The van der Waals surface area contributed by atoms with Crippen LogP contribution in [0.25, 0.3) is 0 Å². The first-order chi connectivity index (χ1) is 5.24. The van der Waals surface area contributed by atoms with Crippen LogP contribution in [0.3, 0.4) is 0 Å². The molecule has 0 spiro atoms. The molecule has 0 aromatic carbocycles. The molecule has 3 heteroatoms. The quantitative estimate of drug-likeness (QED) is 0.451. The molecule has 0 saturated carbocycles. The van der Waals surface area contributed by atoms with Crippen molar-refractivity contribution in [3.63, 3.8) is 0 Å². The molecule has 0 radical (unpaired) electrons. The molecule has 12 heavy (non-hydrogen) atoms. The summed E-state index contributed by atoms with van der Waals surface area (Å²) in [6.07, 6.45) is 1.30. The highest BCUT2D eigenvalue weighted by Gasteiger charge is 2.18. The summed E-state index contributed by atoms with van der Waals surface area (Å²) in [5.74, 6) is 0. The van der Waals surface area contributed by atoms with E-state index in [-0.39, 0.29) is 12.4 Å². The monoisotopic (exact) mass is 257 g/mol. The Bertz CT molecular complexity index is 86.3. The minimum absolute atomic E-state index is 0. The number of quaternary nitrogens is 1. The summed E-state index contributed by atoms with van der Waals surface area (Å²) >= 11 is 3.48. The van der Waals surface area contributed by atoms with Crippen molar-refractivity contribution in [1.29, 1.82) is 0 Å². The summed E-state index contributed by atoms with van der Waals surface area (Å²) in [7, 11) is 0. The molecule has 1 nitrogen and oxygen atoms in total. The minimum Gasteiger partial charge on any atom is -1.00 e. The molecule has 0 aliphatic heterocycles. The van der Waals surface area contributed by atoms with Gasteiger partial charge in [0, 0.05) is 11.8 Å². The van der Waals surface area contributed by atoms with E-state index in [1.54, 1.807) is 0 Å². The number of alkyl halides is 1. The normalized spacial score (nSPS) is 11.0. The Morgan fingerprint density at radius 1 is 1.00 bits per heavy atom. The van der Waals surface area contributed by atoms with Crippen LogP contribution >= 0.6 is 15.9 Å². The summed E-state index contributed by atoms with van der Waals surface area (Å²) in [6, 6.07) is 0. The van der Waals surface area contributed by atoms with E-state index in [0.29, 0.717) is 0 Å². The van der Waals surface area contributed by atoms with Crippen molar-refractivity contribution in [2.24, 2.45) is 0 Å². The van der Waals surface area contributed by atoms with Gasteiger partial charge in [-0.15, -0.1) is 0 Å². The molecule has 0 aliphatic carbocycles. The van der Waals surface area contributed by atoms with E-state index in [2.05, 4.69) is 36.7 Å². The predicted octanol–water partition coefficient (Wildman–Crippen LogP) is -0.348. The van der Waals surface area contributed by atoms with E-state index < -0.39 is 0 Å². The lowest BCUT2D eigenvalue weighted by Crippen LogP contribution is -3.00. The van der Waals surface area contributed by atoms with Crippen LogP contribution in [0.1, 0.15) is 27.2 Å². The molecular weight excluding hydrogens is 237 g/mol. The Morgan fingerprint density at radius 2 is 1.42 bits per heavy atom. The van der Waals surface area contributed by atoms with E-state index >= 15 is 0 Å². The van der Waals surface area contributed by atoms with E-state index in [1.165, 1.54) is 37.1 Å². The van der Waals surface area contributed by atoms with Gasteiger partial charge < -0.3 is 16.9 Å². The van der Waals surface area contributed by atoms with Gasteiger partial charge in [0.2, 0.25) is 0 Å². The smallest absolute Gasteiger partial charge is 0.0794 e. The van der Waals surface area contributed by atoms with Crippen molar-refractivity contribution in [3.05, 3.63) is 0 Å². The van der Waals surface area contributed by atoms with Gasteiger partial charge in [0.05, 0.1) is 26.2 Å². The zero-order valence-corrected chi connectivity index (χ0v) is 10.8. The van der Waals surface area contributed by atoms with Crippen LogP contribution in [0.2, 0.25) is 0 Å². The Kier molecular flexibility index (Phi) is 10.6. The van der Waals surface area contributed by atoms with Gasteiger partial charge >= 0.3 is 0 Å². The topological polar surface area (TPSA) is 0 Å². The third-order valence-corrected chi connectivity index (χ3v) is 3.34. The van der Waals surface area contributed by atoms with Gasteiger partial charge in [-0.3, -0.25) is 0 Å². The summed E-state index contributed by atoms with van der Waals surface area (Å²) in [5.41, 5.74) is 0. The first kappa shape index (κ1) is 15.2. The highest BCUT2D eigenvalue weighted by Crippen LogP contribution is 2.07. The molecule has 0 atom stereocenters. The second-order valence-electron chi connectivity index (χ2n) is 3.06. The fraction of sp³-hybridized carbons (Fsp3) is 1.00.